The molecule has 2 rings (SSSR count). The quantitative estimate of drug-likeness (QED) is 0.668. The average Bonchev–Trinajstić information content (AvgIpc) is 2.57. The van der Waals surface area contributed by atoms with Gasteiger partial charge in [0.05, 0.1) is 11.9 Å². The molecule has 0 unspecified atom stereocenters. The zero-order valence-corrected chi connectivity index (χ0v) is 8.14. The van der Waals surface area contributed by atoms with Crippen LogP contribution in [0.25, 0.3) is 5.69 Å². The molecule has 0 aromatic carbocycles. The Morgan fingerprint density at radius 2 is 2.21 bits per heavy atom. The summed E-state index contributed by atoms with van der Waals surface area (Å²) in [7, 11) is 1.82. The molecular formula is C10H11N3O. The van der Waals surface area contributed by atoms with Crippen molar-refractivity contribution in [1.29, 1.82) is 0 Å². The van der Waals surface area contributed by atoms with Crippen molar-refractivity contribution < 1.29 is 0 Å². The molecule has 2 heterocycles. The summed E-state index contributed by atoms with van der Waals surface area (Å²) in [4.78, 5) is 11.7. The highest BCUT2D eigenvalue weighted by atomic mass is 16.1. The lowest BCUT2D eigenvalue weighted by molar-refractivity contribution is 0.767. The Hall–Kier alpha value is -1.84. The summed E-state index contributed by atoms with van der Waals surface area (Å²) in [6.45, 7) is 1.80. The highest BCUT2D eigenvalue weighted by molar-refractivity contribution is 5.27. The van der Waals surface area contributed by atoms with Crippen molar-refractivity contribution in [1.82, 2.24) is 14.3 Å². The maximum atomic E-state index is 11.7. The molecule has 0 aliphatic carbocycles. The highest BCUT2D eigenvalue weighted by Gasteiger charge is 2.02. The lowest BCUT2D eigenvalue weighted by Crippen LogP contribution is -2.18. The van der Waals surface area contributed by atoms with Crippen LogP contribution in [0.3, 0.4) is 0 Å². The number of aromatic nitrogens is 3. The molecule has 14 heavy (non-hydrogen) atoms. The Morgan fingerprint density at radius 1 is 1.43 bits per heavy atom. The molecule has 0 aliphatic rings. The fraction of sp³-hybridized carbons (Fsp3) is 0.200. The van der Waals surface area contributed by atoms with E-state index in [-0.39, 0.29) is 5.56 Å². The number of hydrogen-bond donors (Lipinski definition) is 0. The molecule has 0 saturated heterocycles. The van der Waals surface area contributed by atoms with Crippen molar-refractivity contribution in [2.75, 3.05) is 0 Å². The van der Waals surface area contributed by atoms with Crippen molar-refractivity contribution in [3.8, 4) is 5.69 Å². The smallest absolute Gasteiger partial charge is 0.258 e. The lowest BCUT2D eigenvalue weighted by Gasteiger charge is -2.01. The van der Waals surface area contributed by atoms with Crippen LogP contribution in [0, 0.1) is 6.92 Å². The number of rotatable bonds is 1. The van der Waals surface area contributed by atoms with Gasteiger partial charge in [0, 0.05) is 25.0 Å². The molecule has 4 heteroatoms. The number of hydrogen-bond acceptors (Lipinski definition) is 2. The van der Waals surface area contributed by atoms with Crippen molar-refractivity contribution in [3.63, 3.8) is 0 Å². The first-order valence-corrected chi connectivity index (χ1v) is 4.36. The van der Waals surface area contributed by atoms with E-state index >= 15 is 0 Å². The van der Waals surface area contributed by atoms with Crippen molar-refractivity contribution in [2.24, 2.45) is 7.05 Å². The van der Waals surface area contributed by atoms with Gasteiger partial charge >= 0.3 is 0 Å². The summed E-state index contributed by atoms with van der Waals surface area (Å²) in [5, 5.41) is 4.02. The van der Waals surface area contributed by atoms with E-state index in [0.717, 1.165) is 11.3 Å². The minimum Gasteiger partial charge on any atom is -0.281 e. The first kappa shape index (κ1) is 8.74. The van der Waals surface area contributed by atoms with Crippen LogP contribution in [0.15, 0.2) is 35.5 Å². The molecule has 72 valence electrons. The van der Waals surface area contributed by atoms with Crippen molar-refractivity contribution >= 4 is 0 Å². The second-order valence-corrected chi connectivity index (χ2v) is 3.24. The summed E-state index contributed by atoms with van der Waals surface area (Å²) in [5.74, 6) is 0. The minimum atomic E-state index is 0.000463. The van der Waals surface area contributed by atoms with Gasteiger partial charge in [-0.3, -0.25) is 14.0 Å². The first-order valence-electron chi connectivity index (χ1n) is 4.36. The van der Waals surface area contributed by atoms with Crippen LogP contribution >= 0.6 is 0 Å². The third-order valence-electron chi connectivity index (χ3n) is 2.11. The van der Waals surface area contributed by atoms with E-state index in [1.54, 1.807) is 40.8 Å². The molecule has 0 atom stereocenters. The van der Waals surface area contributed by atoms with E-state index < -0.39 is 0 Å². The van der Waals surface area contributed by atoms with E-state index in [1.165, 1.54) is 0 Å². The zero-order valence-electron chi connectivity index (χ0n) is 8.14. The maximum absolute atomic E-state index is 11.7. The highest BCUT2D eigenvalue weighted by Crippen LogP contribution is 2.02. The molecule has 0 amide bonds. The van der Waals surface area contributed by atoms with Gasteiger partial charge in [0.1, 0.15) is 0 Å². The number of nitrogens with zero attached hydrogens (tertiary/aromatic N) is 3. The van der Waals surface area contributed by atoms with E-state index in [2.05, 4.69) is 5.10 Å². The van der Waals surface area contributed by atoms with E-state index in [4.69, 9.17) is 0 Å². The average molecular weight is 189 g/mol. The summed E-state index contributed by atoms with van der Waals surface area (Å²) < 4.78 is 3.26. The van der Waals surface area contributed by atoms with Crippen molar-refractivity contribution in [3.05, 3.63) is 46.6 Å². The molecular weight excluding hydrogens is 178 g/mol. The van der Waals surface area contributed by atoms with Gasteiger partial charge in [0.2, 0.25) is 0 Å². The molecule has 0 aliphatic heterocycles. The van der Waals surface area contributed by atoms with Gasteiger partial charge < -0.3 is 0 Å². The normalized spacial score (nSPS) is 10.4. The SMILES string of the molecule is Cc1cccn(-c2cnn(C)c2)c1=O. The van der Waals surface area contributed by atoms with Crippen LogP contribution in [0.1, 0.15) is 5.56 Å². The lowest BCUT2D eigenvalue weighted by atomic mass is 10.3. The fourth-order valence-electron chi connectivity index (χ4n) is 1.34. The fourth-order valence-corrected chi connectivity index (χ4v) is 1.34. The zero-order chi connectivity index (χ0) is 10.1. The van der Waals surface area contributed by atoms with E-state index in [1.807, 2.05) is 13.1 Å². The summed E-state index contributed by atoms with van der Waals surface area (Å²) >= 11 is 0. The van der Waals surface area contributed by atoms with Gasteiger partial charge in [-0.25, -0.2) is 0 Å². The van der Waals surface area contributed by atoms with Gasteiger partial charge in [-0.15, -0.1) is 0 Å². The summed E-state index contributed by atoms with van der Waals surface area (Å²) in [5.41, 5.74) is 1.53. The second-order valence-electron chi connectivity index (χ2n) is 3.24. The minimum absolute atomic E-state index is 0.000463. The number of aryl methyl sites for hydroxylation is 2. The standard InChI is InChI=1S/C10H11N3O/c1-8-4-3-5-13(10(8)14)9-6-11-12(2)7-9/h3-7H,1-2H3. The largest absolute Gasteiger partial charge is 0.281 e. The second kappa shape index (κ2) is 3.14. The van der Waals surface area contributed by atoms with Gasteiger partial charge in [0.25, 0.3) is 5.56 Å². The third kappa shape index (κ3) is 1.35. The van der Waals surface area contributed by atoms with Gasteiger partial charge in [0.15, 0.2) is 0 Å². The molecule has 0 spiro atoms. The maximum Gasteiger partial charge on any atom is 0.258 e. The van der Waals surface area contributed by atoms with Gasteiger partial charge in [-0.05, 0) is 13.0 Å². The predicted octanol–water partition coefficient (Wildman–Crippen LogP) is 0.879. The third-order valence-corrected chi connectivity index (χ3v) is 2.11. The molecule has 0 fully saturated rings. The van der Waals surface area contributed by atoms with Crippen LogP contribution < -0.4 is 5.56 Å². The van der Waals surface area contributed by atoms with Crippen LogP contribution in [0.4, 0.5) is 0 Å². The monoisotopic (exact) mass is 189 g/mol. The Kier molecular flexibility index (Phi) is 1.96. The van der Waals surface area contributed by atoms with Gasteiger partial charge in [-0.1, -0.05) is 6.07 Å². The van der Waals surface area contributed by atoms with Crippen molar-refractivity contribution in [2.45, 2.75) is 6.92 Å². The molecule has 0 radical (unpaired) electrons. The summed E-state index contributed by atoms with van der Waals surface area (Å²) in [6.07, 6.45) is 5.22. The van der Waals surface area contributed by atoms with Crippen LogP contribution in [-0.2, 0) is 7.05 Å². The Balaban J connectivity index is 2.63. The van der Waals surface area contributed by atoms with E-state index in [9.17, 15) is 4.79 Å². The topological polar surface area (TPSA) is 39.8 Å². The molecule has 0 N–H and O–H groups in total. The first-order chi connectivity index (χ1) is 6.68. The molecule has 2 aromatic heterocycles. The Bertz CT molecular complexity index is 510. The summed E-state index contributed by atoms with van der Waals surface area (Å²) in [6, 6.07) is 3.65. The van der Waals surface area contributed by atoms with Crippen LogP contribution in [0.2, 0.25) is 0 Å². The van der Waals surface area contributed by atoms with Crippen LogP contribution in [-0.4, -0.2) is 14.3 Å². The van der Waals surface area contributed by atoms with E-state index in [0.29, 0.717) is 0 Å². The molecule has 0 bridgehead atoms. The van der Waals surface area contributed by atoms with Crippen LogP contribution in [0.5, 0.6) is 0 Å². The Labute approximate surface area is 81.4 Å². The molecule has 0 saturated carbocycles. The van der Waals surface area contributed by atoms with Gasteiger partial charge in [-0.2, -0.15) is 5.10 Å². The molecule has 4 nitrogen and oxygen atoms in total. The number of pyridine rings is 1. The predicted molar refractivity (Wildman–Crippen MR) is 53.5 cm³/mol. The molecule has 2 aromatic rings. The Morgan fingerprint density at radius 3 is 2.86 bits per heavy atom.